The summed E-state index contributed by atoms with van der Waals surface area (Å²) in [6.07, 6.45) is 2.90. The first kappa shape index (κ1) is 18.5. The Kier molecular flexibility index (Phi) is 5.93. The van der Waals surface area contributed by atoms with E-state index in [1.807, 2.05) is 19.1 Å². The maximum absolute atomic E-state index is 11.9. The summed E-state index contributed by atoms with van der Waals surface area (Å²) >= 11 is 0. The highest BCUT2D eigenvalue weighted by molar-refractivity contribution is 5.46. The number of nitrogens with one attached hydrogen (secondary N) is 1. The van der Waals surface area contributed by atoms with Gasteiger partial charge in [0.05, 0.1) is 14.2 Å². The van der Waals surface area contributed by atoms with E-state index in [0.29, 0.717) is 0 Å². The van der Waals surface area contributed by atoms with Crippen molar-refractivity contribution in [3.8, 4) is 11.5 Å². The topological polar surface area (TPSA) is 67.5 Å². The molecule has 3 rings (SSSR count). The van der Waals surface area contributed by atoms with Gasteiger partial charge in [-0.3, -0.25) is 9.69 Å². The summed E-state index contributed by atoms with van der Waals surface area (Å²) in [6, 6.07) is 7.56. The van der Waals surface area contributed by atoms with Crippen molar-refractivity contribution in [1.29, 1.82) is 0 Å². The highest BCUT2D eigenvalue weighted by atomic mass is 16.5. The quantitative estimate of drug-likeness (QED) is 0.861. The number of rotatable bonds is 6. The third kappa shape index (κ3) is 4.07. The third-order valence-corrected chi connectivity index (χ3v) is 4.95. The van der Waals surface area contributed by atoms with Crippen molar-refractivity contribution in [2.45, 2.75) is 38.6 Å². The van der Waals surface area contributed by atoms with Crippen LogP contribution in [-0.4, -0.2) is 42.2 Å². The van der Waals surface area contributed by atoms with Gasteiger partial charge in [-0.15, -0.1) is 0 Å². The number of aryl methyl sites for hydroxylation is 1. The molecule has 0 amide bonds. The van der Waals surface area contributed by atoms with Crippen LogP contribution in [0.3, 0.4) is 0 Å². The lowest BCUT2D eigenvalue weighted by Gasteiger charge is -2.32. The smallest absolute Gasteiger partial charge is 0.251 e. The molecule has 1 saturated heterocycles. The van der Waals surface area contributed by atoms with Crippen molar-refractivity contribution < 1.29 is 9.47 Å². The second-order valence-corrected chi connectivity index (χ2v) is 6.70. The number of likely N-dealkylation sites (tertiary alicyclic amines) is 1. The van der Waals surface area contributed by atoms with Crippen LogP contribution >= 0.6 is 0 Å². The van der Waals surface area contributed by atoms with Crippen molar-refractivity contribution in [1.82, 2.24) is 14.9 Å². The fourth-order valence-corrected chi connectivity index (χ4v) is 3.64. The number of aromatic amines is 1. The summed E-state index contributed by atoms with van der Waals surface area (Å²) in [4.78, 5) is 21.9. The van der Waals surface area contributed by atoms with Crippen molar-refractivity contribution in [2.24, 2.45) is 0 Å². The first-order valence-corrected chi connectivity index (χ1v) is 9.17. The molecule has 2 aromatic rings. The van der Waals surface area contributed by atoms with Crippen LogP contribution in [0.25, 0.3) is 0 Å². The number of methoxy groups -OCH3 is 2. The number of piperidine rings is 1. The summed E-state index contributed by atoms with van der Waals surface area (Å²) in [7, 11) is 3.33. The molecule has 1 aliphatic rings. The van der Waals surface area contributed by atoms with E-state index in [4.69, 9.17) is 9.47 Å². The molecule has 0 spiro atoms. The molecule has 0 bridgehead atoms. The zero-order valence-corrected chi connectivity index (χ0v) is 15.7. The minimum Gasteiger partial charge on any atom is -0.493 e. The Morgan fingerprint density at radius 3 is 2.88 bits per heavy atom. The molecule has 0 saturated carbocycles. The normalized spacial score (nSPS) is 17.9. The molecule has 2 heterocycles. The molecule has 26 heavy (non-hydrogen) atoms. The zero-order valence-electron chi connectivity index (χ0n) is 15.7. The monoisotopic (exact) mass is 357 g/mol. The number of aromatic nitrogens is 2. The van der Waals surface area contributed by atoms with Crippen LogP contribution in [-0.2, 0) is 13.0 Å². The Hall–Kier alpha value is -2.34. The number of benzene rings is 1. The highest BCUT2D eigenvalue weighted by Crippen LogP contribution is 2.33. The molecule has 1 aromatic carbocycles. The van der Waals surface area contributed by atoms with Crippen LogP contribution in [0.2, 0.25) is 0 Å². The molecule has 6 nitrogen and oxygen atoms in total. The molecule has 1 aliphatic heterocycles. The van der Waals surface area contributed by atoms with E-state index < -0.39 is 0 Å². The van der Waals surface area contributed by atoms with Gasteiger partial charge in [0, 0.05) is 36.3 Å². The third-order valence-electron chi connectivity index (χ3n) is 4.95. The maximum atomic E-state index is 11.9. The number of H-pyrrole nitrogens is 1. The van der Waals surface area contributed by atoms with Crippen molar-refractivity contribution in [3.05, 3.63) is 51.7 Å². The first-order chi connectivity index (χ1) is 12.6. The summed E-state index contributed by atoms with van der Waals surface area (Å²) < 4.78 is 11.0. The van der Waals surface area contributed by atoms with Crippen molar-refractivity contribution >= 4 is 0 Å². The van der Waals surface area contributed by atoms with E-state index in [0.717, 1.165) is 67.5 Å². The van der Waals surface area contributed by atoms with Gasteiger partial charge in [-0.05, 0) is 31.9 Å². The first-order valence-electron chi connectivity index (χ1n) is 9.17. The number of hydrogen-bond donors (Lipinski definition) is 1. The number of para-hydroxylation sites is 1. The Morgan fingerprint density at radius 2 is 2.15 bits per heavy atom. The van der Waals surface area contributed by atoms with E-state index >= 15 is 0 Å². The maximum Gasteiger partial charge on any atom is 0.251 e. The van der Waals surface area contributed by atoms with E-state index in [1.165, 1.54) is 0 Å². The average Bonchev–Trinajstić information content (AvgIpc) is 2.67. The Morgan fingerprint density at radius 1 is 1.31 bits per heavy atom. The predicted molar refractivity (Wildman–Crippen MR) is 101 cm³/mol. The molecule has 6 heteroatoms. The van der Waals surface area contributed by atoms with E-state index in [-0.39, 0.29) is 11.5 Å². The number of hydrogen-bond acceptors (Lipinski definition) is 5. The summed E-state index contributed by atoms with van der Waals surface area (Å²) in [5.74, 6) is 2.60. The van der Waals surface area contributed by atoms with Crippen molar-refractivity contribution in [2.75, 3.05) is 27.3 Å². The molecular weight excluding hydrogens is 330 g/mol. The van der Waals surface area contributed by atoms with E-state index in [9.17, 15) is 4.79 Å². The zero-order chi connectivity index (χ0) is 18.5. The predicted octanol–water partition coefficient (Wildman–Crippen LogP) is 2.73. The van der Waals surface area contributed by atoms with E-state index in [1.54, 1.807) is 20.3 Å². The molecule has 1 atom stereocenters. The molecule has 1 fully saturated rings. The molecular formula is C20H27N3O3. The largest absolute Gasteiger partial charge is 0.493 e. The van der Waals surface area contributed by atoms with Crippen molar-refractivity contribution in [3.63, 3.8) is 0 Å². The molecule has 1 N–H and O–H groups in total. The van der Waals surface area contributed by atoms with Gasteiger partial charge >= 0.3 is 0 Å². The van der Waals surface area contributed by atoms with Gasteiger partial charge in [0.15, 0.2) is 11.5 Å². The summed E-state index contributed by atoms with van der Waals surface area (Å²) in [5, 5.41) is 0. The average molecular weight is 357 g/mol. The fourth-order valence-electron chi connectivity index (χ4n) is 3.64. The highest BCUT2D eigenvalue weighted by Gasteiger charge is 2.24. The minimum atomic E-state index is -0.0570. The molecule has 0 radical (unpaired) electrons. The molecule has 0 unspecified atom stereocenters. The van der Waals surface area contributed by atoms with Gasteiger partial charge in [0.1, 0.15) is 5.82 Å². The van der Waals surface area contributed by atoms with Gasteiger partial charge in [0.25, 0.3) is 5.56 Å². The number of nitrogens with zero attached hydrogens (tertiary/aromatic N) is 2. The summed E-state index contributed by atoms with van der Waals surface area (Å²) in [6.45, 7) is 4.70. The van der Waals surface area contributed by atoms with Crippen LogP contribution in [0, 0.1) is 0 Å². The molecule has 0 aliphatic carbocycles. The second-order valence-electron chi connectivity index (χ2n) is 6.70. The Bertz CT molecular complexity index is 803. The van der Waals surface area contributed by atoms with Gasteiger partial charge in [-0.1, -0.05) is 19.1 Å². The molecule has 1 aromatic heterocycles. The van der Waals surface area contributed by atoms with Crippen LogP contribution in [0.5, 0.6) is 11.5 Å². The summed E-state index contributed by atoms with van der Waals surface area (Å²) in [5.41, 5.74) is 1.91. The van der Waals surface area contributed by atoms with Crippen LogP contribution in [0.1, 0.15) is 42.8 Å². The fraction of sp³-hybridized carbons (Fsp3) is 0.500. The molecule has 140 valence electrons. The Labute approximate surface area is 154 Å². The Balaban J connectivity index is 1.77. The van der Waals surface area contributed by atoms with Crippen LogP contribution < -0.4 is 15.0 Å². The van der Waals surface area contributed by atoms with E-state index in [2.05, 4.69) is 20.9 Å². The number of ether oxygens (including phenoxy) is 2. The van der Waals surface area contributed by atoms with Crippen LogP contribution in [0.4, 0.5) is 0 Å². The standard InChI is InChI=1S/C20H27N3O3/c1-4-16-11-18(24)22-20(21-16)15-8-6-10-23(13-15)12-14-7-5-9-17(25-2)19(14)26-3/h5,7,9,11,15H,4,6,8,10,12-13H2,1-3H3,(H,21,22,24)/t15-/m0/s1. The second kappa shape index (κ2) is 8.36. The minimum absolute atomic E-state index is 0.0570. The lowest BCUT2D eigenvalue weighted by atomic mass is 9.96. The van der Waals surface area contributed by atoms with Gasteiger partial charge in [-0.25, -0.2) is 4.98 Å². The lowest BCUT2D eigenvalue weighted by Crippen LogP contribution is -2.35. The SMILES string of the molecule is CCc1cc(=O)[nH]c([C@H]2CCCN(Cc3cccc(OC)c3OC)C2)n1. The van der Waals surface area contributed by atoms with Gasteiger partial charge in [-0.2, -0.15) is 0 Å². The van der Waals surface area contributed by atoms with Crippen LogP contribution in [0.15, 0.2) is 29.1 Å². The van der Waals surface area contributed by atoms with Gasteiger partial charge < -0.3 is 14.5 Å². The van der Waals surface area contributed by atoms with Gasteiger partial charge in [0.2, 0.25) is 0 Å². The lowest BCUT2D eigenvalue weighted by molar-refractivity contribution is 0.193.